The molecular formula is C15H11F3N4O. The summed E-state index contributed by atoms with van der Waals surface area (Å²) in [6.07, 6.45) is -4.39. The first kappa shape index (κ1) is 14.9. The minimum absolute atomic E-state index is 0.0330. The molecule has 0 amide bonds. The molecule has 0 fully saturated rings. The Morgan fingerprint density at radius 3 is 2.39 bits per heavy atom. The number of H-pyrrole nitrogens is 1. The number of nitrogens with two attached hydrogens (primary N) is 1. The van der Waals surface area contributed by atoms with Gasteiger partial charge in [-0.1, -0.05) is 12.1 Å². The summed E-state index contributed by atoms with van der Waals surface area (Å²) in [6.45, 7) is 0. The fourth-order valence-electron chi connectivity index (χ4n) is 2.06. The number of hydrogen-bond acceptors (Lipinski definition) is 4. The number of rotatable bonds is 2. The highest BCUT2D eigenvalue weighted by molar-refractivity contribution is 5.70. The lowest BCUT2D eigenvalue weighted by Crippen LogP contribution is -2.04. The molecule has 4 N–H and O–H groups in total. The van der Waals surface area contributed by atoms with E-state index in [9.17, 15) is 18.3 Å². The summed E-state index contributed by atoms with van der Waals surface area (Å²) in [5.41, 5.74) is 6.13. The van der Waals surface area contributed by atoms with E-state index in [4.69, 9.17) is 5.73 Å². The van der Waals surface area contributed by atoms with Gasteiger partial charge in [0.15, 0.2) is 11.6 Å². The molecule has 0 bridgehead atoms. The topological polar surface area (TPSA) is 87.8 Å². The Kier molecular flexibility index (Phi) is 3.44. The van der Waals surface area contributed by atoms with Crippen molar-refractivity contribution in [2.45, 2.75) is 6.18 Å². The van der Waals surface area contributed by atoms with E-state index < -0.39 is 11.7 Å². The Bertz CT molecular complexity index is 841. The van der Waals surface area contributed by atoms with Gasteiger partial charge in [-0.2, -0.15) is 18.3 Å². The van der Waals surface area contributed by atoms with Crippen LogP contribution in [0.15, 0.2) is 42.5 Å². The van der Waals surface area contributed by atoms with Crippen molar-refractivity contribution >= 4 is 5.69 Å². The molecular weight excluding hydrogens is 309 g/mol. The third-order valence-electron chi connectivity index (χ3n) is 3.23. The molecule has 8 heteroatoms. The summed E-state index contributed by atoms with van der Waals surface area (Å²) >= 11 is 0. The molecule has 0 spiro atoms. The summed E-state index contributed by atoms with van der Waals surface area (Å²) < 4.78 is 37.7. The predicted molar refractivity (Wildman–Crippen MR) is 78.3 cm³/mol. The zero-order chi connectivity index (χ0) is 16.6. The number of nitrogen functional groups attached to an aromatic ring is 1. The average molecular weight is 320 g/mol. The molecule has 0 aliphatic rings. The number of benzene rings is 2. The monoisotopic (exact) mass is 320 g/mol. The van der Waals surface area contributed by atoms with Crippen molar-refractivity contribution in [3.8, 4) is 28.5 Å². The molecule has 1 aromatic heterocycles. The Morgan fingerprint density at radius 2 is 1.74 bits per heavy atom. The molecule has 0 radical (unpaired) electrons. The van der Waals surface area contributed by atoms with Gasteiger partial charge in [0.2, 0.25) is 0 Å². The first-order valence-corrected chi connectivity index (χ1v) is 6.53. The van der Waals surface area contributed by atoms with Crippen LogP contribution in [-0.2, 0) is 6.18 Å². The number of nitrogens with one attached hydrogen (secondary N) is 1. The standard InChI is InChI=1S/C15H11F3N4O/c16-15(17,18)9-3-1-8(2-4-9)13-20-14(22-21-13)11-7-10(19)5-6-12(11)23/h1-7,23H,19H2,(H,20,21,22). The number of aromatic amines is 1. The van der Waals surface area contributed by atoms with E-state index in [-0.39, 0.29) is 17.4 Å². The van der Waals surface area contributed by atoms with E-state index in [1.54, 1.807) is 0 Å². The summed E-state index contributed by atoms with van der Waals surface area (Å²) in [7, 11) is 0. The van der Waals surface area contributed by atoms with E-state index in [1.807, 2.05) is 0 Å². The smallest absolute Gasteiger partial charge is 0.416 e. The van der Waals surface area contributed by atoms with Crippen molar-refractivity contribution in [2.24, 2.45) is 0 Å². The molecule has 0 aliphatic heterocycles. The molecule has 0 saturated carbocycles. The Hall–Kier alpha value is -3.03. The Balaban J connectivity index is 1.94. The van der Waals surface area contributed by atoms with Gasteiger partial charge >= 0.3 is 6.18 Å². The van der Waals surface area contributed by atoms with Gasteiger partial charge in [0.25, 0.3) is 0 Å². The van der Waals surface area contributed by atoms with Crippen LogP contribution in [0.3, 0.4) is 0 Å². The van der Waals surface area contributed by atoms with Crippen molar-refractivity contribution in [2.75, 3.05) is 5.73 Å². The van der Waals surface area contributed by atoms with E-state index >= 15 is 0 Å². The molecule has 5 nitrogen and oxygen atoms in total. The van der Waals surface area contributed by atoms with Gasteiger partial charge in [0, 0.05) is 11.3 Å². The highest BCUT2D eigenvalue weighted by Crippen LogP contribution is 2.32. The number of phenols is 1. The lowest BCUT2D eigenvalue weighted by atomic mass is 10.1. The van der Waals surface area contributed by atoms with Crippen molar-refractivity contribution in [3.05, 3.63) is 48.0 Å². The van der Waals surface area contributed by atoms with Crippen LogP contribution in [0.4, 0.5) is 18.9 Å². The number of halogens is 3. The highest BCUT2D eigenvalue weighted by Gasteiger charge is 2.30. The molecule has 3 rings (SSSR count). The largest absolute Gasteiger partial charge is 0.507 e. The van der Waals surface area contributed by atoms with Crippen molar-refractivity contribution in [1.29, 1.82) is 0 Å². The quantitative estimate of drug-likeness (QED) is 0.498. The predicted octanol–water partition coefficient (Wildman–Crippen LogP) is 3.45. The van der Waals surface area contributed by atoms with Gasteiger partial charge in [0.1, 0.15) is 5.75 Å². The van der Waals surface area contributed by atoms with Gasteiger partial charge in [-0.05, 0) is 30.3 Å². The summed E-state index contributed by atoms with van der Waals surface area (Å²) in [6, 6.07) is 8.97. The Morgan fingerprint density at radius 1 is 1.04 bits per heavy atom. The van der Waals surface area contributed by atoms with Gasteiger partial charge in [-0.25, -0.2) is 4.98 Å². The van der Waals surface area contributed by atoms with E-state index in [2.05, 4.69) is 15.2 Å². The second-order valence-corrected chi connectivity index (χ2v) is 4.86. The second-order valence-electron chi connectivity index (χ2n) is 4.86. The van der Waals surface area contributed by atoms with Crippen LogP contribution in [0.2, 0.25) is 0 Å². The minimum Gasteiger partial charge on any atom is -0.507 e. The minimum atomic E-state index is -4.39. The first-order chi connectivity index (χ1) is 10.8. The number of nitrogens with zero attached hydrogens (tertiary/aromatic N) is 2. The van der Waals surface area contributed by atoms with Gasteiger partial charge in [-0.3, -0.25) is 5.10 Å². The normalized spacial score (nSPS) is 11.6. The molecule has 0 saturated heterocycles. The van der Waals surface area contributed by atoms with Crippen molar-refractivity contribution in [3.63, 3.8) is 0 Å². The maximum atomic E-state index is 12.6. The summed E-state index contributed by atoms with van der Waals surface area (Å²) in [5.74, 6) is 0.453. The molecule has 3 aromatic rings. The molecule has 1 heterocycles. The molecule has 0 unspecified atom stereocenters. The van der Waals surface area contributed by atoms with Crippen LogP contribution in [0.1, 0.15) is 5.56 Å². The average Bonchev–Trinajstić information content (AvgIpc) is 2.99. The highest BCUT2D eigenvalue weighted by atomic mass is 19.4. The van der Waals surface area contributed by atoms with Crippen LogP contribution >= 0.6 is 0 Å². The number of phenolic OH excluding ortho intramolecular Hbond substituents is 1. The van der Waals surface area contributed by atoms with E-state index in [0.29, 0.717) is 16.8 Å². The second kappa shape index (κ2) is 5.31. The lowest BCUT2D eigenvalue weighted by molar-refractivity contribution is -0.137. The molecule has 0 atom stereocenters. The third-order valence-corrected chi connectivity index (χ3v) is 3.23. The number of alkyl halides is 3. The zero-order valence-corrected chi connectivity index (χ0v) is 11.6. The van der Waals surface area contributed by atoms with Crippen molar-refractivity contribution in [1.82, 2.24) is 15.2 Å². The summed E-state index contributed by atoms with van der Waals surface area (Å²) in [4.78, 5) is 4.18. The molecule has 0 aliphatic carbocycles. The third kappa shape index (κ3) is 2.96. The van der Waals surface area contributed by atoms with Crippen LogP contribution in [0.5, 0.6) is 5.75 Å². The van der Waals surface area contributed by atoms with Gasteiger partial charge in [0.05, 0.1) is 11.1 Å². The zero-order valence-electron chi connectivity index (χ0n) is 11.6. The number of hydrogen-bond donors (Lipinski definition) is 3. The van der Waals surface area contributed by atoms with Crippen LogP contribution < -0.4 is 5.73 Å². The van der Waals surface area contributed by atoms with Crippen LogP contribution in [-0.4, -0.2) is 20.3 Å². The van der Waals surface area contributed by atoms with E-state index in [1.165, 1.54) is 30.3 Å². The molecule has 2 aromatic carbocycles. The number of aromatic nitrogens is 3. The molecule has 23 heavy (non-hydrogen) atoms. The van der Waals surface area contributed by atoms with Gasteiger partial charge < -0.3 is 10.8 Å². The first-order valence-electron chi connectivity index (χ1n) is 6.53. The SMILES string of the molecule is Nc1ccc(O)c(-c2nc(-c3ccc(C(F)(F)F)cc3)n[nH]2)c1. The van der Waals surface area contributed by atoms with Crippen LogP contribution in [0, 0.1) is 0 Å². The maximum absolute atomic E-state index is 12.6. The fourth-order valence-corrected chi connectivity index (χ4v) is 2.06. The van der Waals surface area contributed by atoms with E-state index in [0.717, 1.165) is 12.1 Å². The number of anilines is 1. The lowest BCUT2D eigenvalue weighted by Gasteiger charge is -2.06. The number of aromatic hydroxyl groups is 1. The van der Waals surface area contributed by atoms with Crippen LogP contribution in [0.25, 0.3) is 22.8 Å². The summed E-state index contributed by atoms with van der Waals surface area (Å²) in [5, 5.41) is 16.4. The molecule has 118 valence electrons. The maximum Gasteiger partial charge on any atom is 0.416 e. The van der Waals surface area contributed by atoms with Gasteiger partial charge in [-0.15, -0.1) is 0 Å². The fraction of sp³-hybridized carbons (Fsp3) is 0.0667. The van der Waals surface area contributed by atoms with Crippen molar-refractivity contribution < 1.29 is 18.3 Å². The Labute approximate surface area is 128 Å².